The number of hydrogen-bond donors (Lipinski definition) is 3. The van der Waals surface area contributed by atoms with E-state index in [9.17, 15) is 5.11 Å². The first kappa shape index (κ1) is 10.6. The number of fused-ring (bicyclic) bond motifs is 1. The minimum absolute atomic E-state index is 0.180. The first-order chi connectivity index (χ1) is 7.88. The van der Waals surface area contributed by atoms with Crippen molar-refractivity contribution >= 4 is 11.8 Å². The summed E-state index contributed by atoms with van der Waals surface area (Å²) in [5.41, 5.74) is 2.37. The van der Waals surface area contributed by atoms with Gasteiger partial charge >= 0.3 is 0 Å². The Morgan fingerprint density at radius 3 is 3.25 bits per heavy atom. The van der Waals surface area contributed by atoms with Crippen LogP contribution in [0.2, 0.25) is 0 Å². The highest BCUT2D eigenvalue weighted by Crippen LogP contribution is 2.38. The lowest BCUT2D eigenvalue weighted by Gasteiger charge is -2.32. The zero-order chi connectivity index (χ0) is 11.0. The Balaban J connectivity index is 1.87. The summed E-state index contributed by atoms with van der Waals surface area (Å²) in [7, 11) is 0. The van der Waals surface area contributed by atoms with Crippen LogP contribution in [0.4, 0.5) is 0 Å². The molecule has 0 radical (unpaired) electrons. The summed E-state index contributed by atoms with van der Waals surface area (Å²) in [6.07, 6.45) is 5.20. The Bertz CT molecular complexity index is 362. The van der Waals surface area contributed by atoms with Crippen molar-refractivity contribution in [2.24, 2.45) is 0 Å². The highest BCUT2D eigenvalue weighted by atomic mass is 32.2. The van der Waals surface area contributed by atoms with Crippen molar-refractivity contribution < 1.29 is 5.11 Å². The van der Waals surface area contributed by atoms with E-state index < -0.39 is 0 Å². The SMILES string of the molecule is OCC1Cc2[nH]cnc2C(C2CCCS2)N1. The van der Waals surface area contributed by atoms with Gasteiger partial charge in [-0.3, -0.25) is 0 Å². The van der Waals surface area contributed by atoms with E-state index in [0.29, 0.717) is 11.3 Å². The number of nitrogens with zero attached hydrogens (tertiary/aromatic N) is 1. The van der Waals surface area contributed by atoms with Crippen LogP contribution >= 0.6 is 11.8 Å². The van der Waals surface area contributed by atoms with E-state index in [-0.39, 0.29) is 12.6 Å². The van der Waals surface area contributed by atoms with Crippen molar-refractivity contribution in [2.75, 3.05) is 12.4 Å². The molecule has 0 saturated carbocycles. The number of aromatic nitrogens is 2. The van der Waals surface area contributed by atoms with Gasteiger partial charge in [-0.1, -0.05) is 0 Å². The molecule has 2 aliphatic rings. The second kappa shape index (κ2) is 4.39. The molecular formula is C11H17N3OS. The summed E-state index contributed by atoms with van der Waals surface area (Å²) in [5, 5.41) is 13.5. The molecule has 1 aromatic rings. The molecule has 3 rings (SSSR count). The predicted octanol–water partition coefficient (Wildman–Crippen LogP) is 0.853. The van der Waals surface area contributed by atoms with Crippen LogP contribution in [0.15, 0.2) is 6.33 Å². The van der Waals surface area contributed by atoms with Crippen molar-refractivity contribution in [3.63, 3.8) is 0 Å². The molecule has 3 unspecified atom stereocenters. The lowest BCUT2D eigenvalue weighted by Crippen LogP contribution is -2.45. The lowest BCUT2D eigenvalue weighted by molar-refractivity contribution is 0.219. The minimum atomic E-state index is 0.180. The largest absolute Gasteiger partial charge is 0.395 e. The second-order valence-corrected chi connectivity index (χ2v) is 5.89. The van der Waals surface area contributed by atoms with E-state index in [1.165, 1.54) is 30.0 Å². The molecule has 3 atom stereocenters. The topological polar surface area (TPSA) is 60.9 Å². The monoisotopic (exact) mass is 239 g/mol. The van der Waals surface area contributed by atoms with Crippen molar-refractivity contribution in [1.82, 2.24) is 15.3 Å². The number of nitrogens with one attached hydrogen (secondary N) is 2. The number of aromatic amines is 1. The number of imidazole rings is 1. The highest BCUT2D eigenvalue weighted by molar-refractivity contribution is 8.00. The Labute approximate surface area is 99.2 Å². The van der Waals surface area contributed by atoms with E-state index in [0.717, 1.165) is 6.42 Å². The molecule has 88 valence electrons. The van der Waals surface area contributed by atoms with E-state index in [4.69, 9.17) is 0 Å². The Morgan fingerprint density at radius 1 is 1.56 bits per heavy atom. The van der Waals surface area contributed by atoms with Crippen LogP contribution in [0.25, 0.3) is 0 Å². The van der Waals surface area contributed by atoms with E-state index in [1.54, 1.807) is 6.33 Å². The van der Waals surface area contributed by atoms with Crippen molar-refractivity contribution in [3.8, 4) is 0 Å². The zero-order valence-electron chi connectivity index (χ0n) is 9.15. The number of hydrogen-bond acceptors (Lipinski definition) is 4. The third-order valence-corrected chi connectivity index (χ3v) is 4.93. The van der Waals surface area contributed by atoms with Gasteiger partial charge in [0.2, 0.25) is 0 Å². The Kier molecular flexibility index (Phi) is 2.91. The van der Waals surface area contributed by atoms with Crippen LogP contribution in [0.1, 0.15) is 30.3 Å². The van der Waals surface area contributed by atoms with E-state index in [2.05, 4.69) is 15.3 Å². The van der Waals surface area contributed by atoms with Gasteiger partial charge in [-0.2, -0.15) is 11.8 Å². The fourth-order valence-corrected chi connectivity index (χ4v) is 4.04. The molecule has 5 heteroatoms. The average Bonchev–Trinajstić information content (AvgIpc) is 2.98. The highest BCUT2D eigenvalue weighted by Gasteiger charge is 2.35. The van der Waals surface area contributed by atoms with Gasteiger partial charge in [-0.15, -0.1) is 0 Å². The quantitative estimate of drug-likeness (QED) is 0.716. The molecule has 4 nitrogen and oxygen atoms in total. The number of rotatable bonds is 2. The normalized spacial score (nSPS) is 33.9. The maximum Gasteiger partial charge on any atom is 0.0925 e. The third kappa shape index (κ3) is 1.77. The number of H-pyrrole nitrogens is 1. The fraction of sp³-hybridized carbons (Fsp3) is 0.727. The molecular weight excluding hydrogens is 222 g/mol. The number of aliphatic hydroxyl groups is 1. The minimum Gasteiger partial charge on any atom is -0.395 e. The first-order valence-corrected chi connectivity index (χ1v) is 6.94. The summed E-state index contributed by atoms with van der Waals surface area (Å²) in [4.78, 5) is 7.64. The van der Waals surface area contributed by atoms with Crippen LogP contribution in [0, 0.1) is 0 Å². The van der Waals surface area contributed by atoms with E-state index >= 15 is 0 Å². The average molecular weight is 239 g/mol. The fourth-order valence-electron chi connectivity index (χ4n) is 2.67. The lowest BCUT2D eigenvalue weighted by atomic mass is 9.96. The van der Waals surface area contributed by atoms with Crippen LogP contribution in [-0.4, -0.2) is 38.7 Å². The Morgan fingerprint density at radius 2 is 2.50 bits per heavy atom. The molecule has 3 heterocycles. The molecule has 0 aliphatic carbocycles. The van der Waals surface area contributed by atoms with Gasteiger partial charge in [0.15, 0.2) is 0 Å². The summed E-state index contributed by atoms with van der Waals surface area (Å²) >= 11 is 2.03. The van der Waals surface area contributed by atoms with Crippen LogP contribution in [-0.2, 0) is 6.42 Å². The standard InChI is InChI=1S/C11H17N3OS/c15-5-7-4-8-10(13-6-12-8)11(14-7)9-2-1-3-16-9/h6-7,9,11,14-15H,1-5H2,(H,12,13). The van der Waals surface area contributed by atoms with E-state index in [1.807, 2.05) is 11.8 Å². The van der Waals surface area contributed by atoms with Gasteiger partial charge < -0.3 is 15.4 Å². The Hall–Kier alpha value is -0.520. The van der Waals surface area contributed by atoms with Crippen molar-refractivity contribution in [1.29, 1.82) is 0 Å². The van der Waals surface area contributed by atoms with Gasteiger partial charge in [0.25, 0.3) is 0 Å². The van der Waals surface area contributed by atoms with Gasteiger partial charge in [-0.25, -0.2) is 4.98 Å². The second-order valence-electron chi connectivity index (χ2n) is 4.55. The number of aliphatic hydroxyl groups excluding tert-OH is 1. The molecule has 0 aromatic carbocycles. The summed E-state index contributed by atoms with van der Waals surface area (Å²) in [6.45, 7) is 0.201. The predicted molar refractivity (Wildman–Crippen MR) is 64.5 cm³/mol. The number of thioether (sulfide) groups is 1. The van der Waals surface area contributed by atoms with Crippen molar-refractivity contribution in [3.05, 3.63) is 17.7 Å². The summed E-state index contributed by atoms with van der Waals surface area (Å²) in [6, 6.07) is 0.499. The zero-order valence-corrected chi connectivity index (χ0v) is 9.96. The van der Waals surface area contributed by atoms with Crippen LogP contribution < -0.4 is 5.32 Å². The molecule has 1 aromatic heterocycles. The first-order valence-electron chi connectivity index (χ1n) is 5.89. The van der Waals surface area contributed by atoms with Crippen molar-refractivity contribution in [2.45, 2.75) is 36.6 Å². The van der Waals surface area contributed by atoms with Crippen LogP contribution in [0.5, 0.6) is 0 Å². The molecule has 2 aliphatic heterocycles. The molecule has 1 saturated heterocycles. The van der Waals surface area contributed by atoms with Gasteiger partial charge in [-0.05, 0) is 18.6 Å². The third-order valence-electron chi connectivity index (χ3n) is 3.47. The molecule has 0 bridgehead atoms. The van der Waals surface area contributed by atoms with Gasteiger partial charge in [0.1, 0.15) is 0 Å². The summed E-state index contributed by atoms with van der Waals surface area (Å²) in [5.74, 6) is 1.26. The molecule has 0 amide bonds. The van der Waals surface area contributed by atoms with Gasteiger partial charge in [0, 0.05) is 23.4 Å². The molecule has 3 N–H and O–H groups in total. The smallest absolute Gasteiger partial charge is 0.0925 e. The molecule has 1 fully saturated rings. The molecule has 0 spiro atoms. The van der Waals surface area contributed by atoms with Gasteiger partial charge in [0.05, 0.1) is 24.7 Å². The maximum atomic E-state index is 9.31. The van der Waals surface area contributed by atoms with Crippen LogP contribution in [0.3, 0.4) is 0 Å². The molecule has 16 heavy (non-hydrogen) atoms. The maximum absolute atomic E-state index is 9.31. The summed E-state index contributed by atoms with van der Waals surface area (Å²) < 4.78 is 0.